The van der Waals surface area contributed by atoms with Crippen LogP contribution in [0, 0.1) is 0 Å². The van der Waals surface area contributed by atoms with Crippen molar-refractivity contribution in [2.45, 2.75) is 58.9 Å². The summed E-state index contributed by atoms with van der Waals surface area (Å²) in [5.41, 5.74) is 0. The van der Waals surface area contributed by atoms with Crippen LogP contribution in [-0.4, -0.2) is 14.4 Å². The summed E-state index contributed by atoms with van der Waals surface area (Å²) in [6.07, 6.45) is 0.115. The third-order valence-corrected chi connectivity index (χ3v) is 8.10. The number of hydrogen-bond acceptors (Lipinski definition) is 2. The van der Waals surface area contributed by atoms with Crippen LogP contribution in [0.5, 0.6) is 11.5 Å². The average molecular weight is 301 g/mol. The van der Waals surface area contributed by atoms with Crippen molar-refractivity contribution in [3.63, 3.8) is 0 Å². The van der Waals surface area contributed by atoms with Crippen LogP contribution in [0.15, 0.2) is 18.2 Å². The van der Waals surface area contributed by atoms with Crippen molar-refractivity contribution in [2.75, 3.05) is 0 Å². The zero-order valence-corrected chi connectivity index (χ0v) is 14.8. The van der Waals surface area contributed by atoms with Crippen molar-refractivity contribution in [3.05, 3.63) is 23.2 Å². The van der Waals surface area contributed by atoms with Gasteiger partial charge in [-0.15, -0.1) is 0 Å². The molecule has 1 aromatic carbocycles. The maximum Gasteiger partial charge on any atom is 0.250 e. The van der Waals surface area contributed by atoms with Crippen LogP contribution < -0.4 is 9.16 Å². The molecule has 0 amide bonds. The Morgan fingerprint density at radius 2 is 1.74 bits per heavy atom. The predicted octanol–water partition coefficient (Wildman–Crippen LogP) is 5.51. The summed E-state index contributed by atoms with van der Waals surface area (Å²) in [7, 11) is -1.82. The van der Waals surface area contributed by atoms with Crippen LogP contribution in [0.4, 0.5) is 0 Å². The third-order valence-electron chi connectivity index (χ3n) is 3.45. The van der Waals surface area contributed by atoms with Gasteiger partial charge in [-0.3, -0.25) is 0 Å². The van der Waals surface area contributed by atoms with Gasteiger partial charge >= 0.3 is 0 Å². The molecule has 19 heavy (non-hydrogen) atoms. The Hall–Kier alpha value is -0.673. The smallest absolute Gasteiger partial charge is 0.250 e. The van der Waals surface area contributed by atoms with Gasteiger partial charge < -0.3 is 9.16 Å². The van der Waals surface area contributed by atoms with Gasteiger partial charge in [0.1, 0.15) is 11.5 Å². The molecule has 0 unspecified atom stereocenters. The Morgan fingerprint density at radius 3 is 2.16 bits per heavy atom. The van der Waals surface area contributed by atoms with Crippen LogP contribution in [-0.2, 0) is 0 Å². The van der Waals surface area contributed by atoms with Crippen LogP contribution >= 0.6 is 11.6 Å². The standard InChI is InChI=1S/C15H25ClO2Si/c1-11(2)17-14-9-8-12(10-13(14)16)18-19(6,7)15(3,4)5/h8-11H,1-7H3. The lowest BCUT2D eigenvalue weighted by Crippen LogP contribution is -2.43. The van der Waals surface area contributed by atoms with E-state index in [-0.39, 0.29) is 11.1 Å². The number of benzene rings is 1. The molecule has 0 aliphatic carbocycles. The number of hydrogen-bond donors (Lipinski definition) is 0. The Morgan fingerprint density at radius 1 is 1.16 bits per heavy atom. The summed E-state index contributed by atoms with van der Waals surface area (Å²) in [5, 5.41) is 0.775. The van der Waals surface area contributed by atoms with Crippen molar-refractivity contribution in [1.82, 2.24) is 0 Å². The molecule has 0 heterocycles. The summed E-state index contributed by atoms with van der Waals surface area (Å²) < 4.78 is 11.8. The molecule has 0 N–H and O–H groups in total. The second-order valence-electron chi connectivity index (χ2n) is 6.62. The molecular weight excluding hydrogens is 276 g/mol. The molecule has 1 aromatic rings. The summed E-state index contributed by atoms with van der Waals surface area (Å²) in [6, 6.07) is 5.66. The fourth-order valence-corrected chi connectivity index (χ4v) is 2.58. The Bertz CT molecular complexity index is 436. The highest BCUT2D eigenvalue weighted by atomic mass is 35.5. The van der Waals surface area contributed by atoms with Gasteiger partial charge in [0.15, 0.2) is 0 Å². The molecule has 0 aromatic heterocycles. The van der Waals surface area contributed by atoms with Crippen molar-refractivity contribution in [2.24, 2.45) is 0 Å². The molecule has 0 fully saturated rings. The van der Waals surface area contributed by atoms with Gasteiger partial charge in [-0.2, -0.15) is 0 Å². The highest BCUT2D eigenvalue weighted by Gasteiger charge is 2.39. The topological polar surface area (TPSA) is 18.5 Å². The van der Waals surface area contributed by atoms with E-state index in [0.717, 1.165) is 5.75 Å². The Kier molecular flexibility index (Phi) is 4.96. The Balaban J connectivity index is 2.90. The van der Waals surface area contributed by atoms with Gasteiger partial charge in [0, 0.05) is 6.07 Å². The summed E-state index contributed by atoms with van der Waals surface area (Å²) in [4.78, 5) is 0. The lowest BCUT2D eigenvalue weighted by Gasteiger charge is -2.36. The second-order valence-corrected chi connectivity index (χ2v) is 11.8. The van der Waals surface area contributed by atoms with Crippen LogP contribution in [0.2, 0.25) is 23.2 Å². The van der Waals surface area contributed by atoms with Gasteiger partial charge in [-0.05, 0) is 44.1 Å². The van der Waals surface area contributed by atoms with Crippen molar-refractivity contribution >= 4 is 19.9 Å². The van der Waals surface area contributed by atoms with Gasteiger partial charge in [-0.1, -0.05) is 32.4 Å². The number of halogens is 1. The zero-order valence-electron chi connectivity index (χ0n) is 13.0. The fourth-order valence-electron chi connectivity index (χ4n) is 1.34. The van der Waals surface area contributed by atoms with E-state index in [1.807, 2.05) is 32.0 Å². The molecule has 2 nitrogen and oxygen atoms in total. The average Bonchev–Trinajstić information content (AvgIpc) is 2.19. The third kappa shape index (κ3) is 4.43. The molecule has 0 aliphatic rings. The van der Waals surface area contributed by atoms with Gasteiger partial charge in [0.25, 0.3) is 0 Å². The first-order chi connectivity index (χ1) is 8.53. The molecule has 1 rings (SSSR count). The van der Waals surface area contributed by atoms with E-state index in [4.69, 9.17) is 20.8 Å². The minimum atomic E-state index is -1.82. The van der Waals surface area contributed by atoms with E-state index < -0.39 is 8.32 Å². The van der Waals surface area contributed by atoms with Crippen molar-refractivity contribution in [3.8, 4) is 11.5 Å². The predicted molar refractivity (Wildman–Crippen MR) is 85.0 cm³/mol. The van der Waals surface area contributed by atoms with Gasteiger partial charge in [0.05, 0.1) is 11.1 Å². The highest BCUT2D eigenvalue weighted by Crippen LogP contribution is 2.38. The normalized spacial score (nSPS) is 12.7. The van der Waals surface area contributed by atoms with E-state index in [1.54, 1.807) is 0 Å². The Labute approximate surface area is 123 Å². The molecule has 0 aliphatic heterocycles. The van der Waals surface area contributed by atoms with E-state index in [1.165, 1.54) is 0 Å². The van der Waals surface area contributed by atoms with Crippen LogP contribution in [0.3, 0.4) is 0 Å². The van der Waals surface area contributed by atoms with E-state index in [0.29, 0.717) is 10.8 Å². The van der Waals surface area contributed by atoms with Crippen molar-refractivity contribution in [1.29, 1.82) is 0 Å². The first kappa shape index (κ1) is 16.4. The lowest BCUT2D eigenvalue weighted by molar-refractivity contribution is 0.242. The minimum absolute atomic E-state index is 0.115. The molecular formula is C15H25ClO2Si. The molecule has 4 heteroatoms. The number of ether oxygens (including phenoxy) is 1. The first-order valence-electron chi connectivity index (χ1n) is 6.68. The quantitative estimate of drug-likeness (QED) is 0.682. The lowest BCUT2D eigenvalue weighted by atomic mass is 10.2. The molecule has 0 bridgehead atoms. The fraction of sp³-hybridized carbons (Fsp3) is 0.600. The van der Waals surface area contributed by atoms with Crippen molar-refractivity contribution < 1.29 is 9.16 Å². The highest BCUT2D eigenvalue weighted by molar-refractivity contribution is 6.74. The minimum Gasteiger partial charge on any atom is -0.543 e. The molecule has 0 spiro atoms. The molecule has 0 radical (unpaired) electrons. The largest absolute Gasteiger partial charge is 0.543 e. The SMILES string of the molecule is CC(C)Oc1ccc(O[Si](C)(C)C(C)(C)C)cc1Cl. The van der Waals surface area contributed by atoms with Gasteiger partial charge in [-0.25, -0.2) is 0 Å². The van der Waals surface area contributed by atoms with Crippen LogP contribution in [0.1, 0.15) is 34.6 Å². The van der Waals surface area contributed by atoms with E-state index in [2.05, 4.69) is 33.9 Å². The summed E-state index contributed by atoms with van der Waals surface area (Å²) in [5.74, 6) is 1.53. The number of rotatable bonds is 4. The summed E-state index contributed by atoms with van der Waals surface area (Å²) >= 11 is 6.23. The molecule has 0 saturated heterocycles. The molecule has 0 atom stereocenters. The zero-order chi connectivity index (χ0) is 14.8. The second kappa shape index (κ2) is 5.76. The van der Waals surface area contributed by atoms with E-state index >= 15 is 0 Å². The molecule has 108 valence electrons. The maximum absolute atomic E-state index is 6.23. The first-order valence-corrected chi connectivity index (χ1v) is 9.97. The van der Waals surface area contributed by atoms with Crippen LogP contribution in [0.25, 0.3) is 0 Å². The molecule has 0 saturated carbocycles. The summed E-state index contributed by atoms with van der Waals surface area (Å²) in [6.45, 7) is 15.1. The van der Waals surface area contributed by atoms with E-state index in [9.17, 15) is 0 Å². The van der Waals surface area contributed by atoms with Gasteiger partial charge in [0.2, 0.25) is 8.32 Å². The maximum atomic E-state index is 6.23. The monoisotopic (exact) mass is 300 g/mol.